The molecule has 0 bridgehead atoms. The second-order valence-corrected chi connectivity index (χ2v) is 12.9. The largest absolute Gasteiger partial charge is 0.493 e. The van der Waals surface area contributed by atoms with Gasteiger partial charge in [-0.25, -0.2) is 4.70 Å². The summed E-state index contributed by atoms with van der Waals surface area (Å²) in [5.74, 6) is 7.19. The van der Waals surface area contributed by atoms with Crippen molar-refractivity contribution in [2.45, 2.75) is 156 Å². The average molecular weight is 652 g/mol. The summed E-state index contributed by atoms with van der Waals surface area (Å²) < 4.78 is 1.46. The molecule has 1 aliphatic heterocycles. The molecule has 2 aromatic rings. The molecule has 3 heteroatoms. The molecule has 0 amide bonds. The van der Waals surface area contributed by atoms with Crippen LogP contribution in [0.5, 0.6) is 0 Å². The third-order valence-corrected chi connectivity index (χ3v) is 8.99. The summed E-state index contributed by atoms with van der Waals surface area (Å²) in [6.45, 7) is 8.92. The van der Waals surface area contributed by atoms with Crippen molar-refractivity contribution in [2.75, 3.05) is 0 Å². The minimum absolute atomic E-state index is 0. The number of unbranched alkanes of at least 4 members (excludes halogenated alkanes) is 15. The topological polar surface area (TPSA) is 25.3 Å². The summed E-state index contributed by atoms with van der Waals surface area (Å²) in [7, 11) is 0. The van der Waals surface area contributed by atoms with Gasteiger partial charge in [-0.05, 0) is 68.9 Å². The number of allylic oxidation sites excluding steroid dienone is 2. The average Bonchev–Trinajstić information content (AvgIpc) is 3.31. The van der Waals surface area contributed by atoms with Crippen LogP contribution in [0.2, 0.25) is 0 Å². The summed E-state index contributed by atoms with van der Waals surface area (Å²) in [4.78, 5) is 0. The number of aryl methyl sites for hydroxylation is 2. The Hall–Kier alpha value is -2.43. The monoisotopic (exact) mass is 650 g/mol. The molecular weight excluding hydrogens is 591 g/mol. The third kappa shape index (κ3) is 13.1. The standard InChI is InChI=1S/C42H60N2.Ni/c1-5-8-11-13-14-15-16-17-18-19-20-23-29-40-39(28-21-10-7-3)41(37-32-30-35(4)31-33-37)44(43)42(40)38-27-24-26-36(34-38)25-22-12-9-6-2;/h24,26-27,30-34H,5-22,25,28H2,1-4H3;. The maximum Gasteiger partial charge on any atom is 0.223 e. The number of hydrogen-bond donors (Lipinski definition) is 0. The van der Waals surface area contributed by atoms with Gasteiger partial charge in [-0.2, -0.15) is 0 Å². The quantitative estimate of drug-likeness (QED) is 0.0556. The number of hydrogen-bond acceptors (Lipinski definition) is 0. The van der Waals surface area contributed by atoms with Gasteiger partial charge in [-0.15, -0.1) is 0 Å². The smallest absolute Gasteiger partial charge is 0.223 e. The SMILES string of the molecule is CCCCCCCCCCCCC#CC1=C(c2cccc(CCCCCC)c2)[N+](=[N-])C(c2ccc(C)cc2)=C1CCCCC.[Ni]. The molecular formula is C42H60N2Ni. The maximum atomic E-state index is 11.9. The van der Waals surface area contributed by atoms with Gasteiger partial charge in [0.2, 0.25) is 11.4 Å². The van der Waals surface area contributed by atoms with Gasteiger partial charge in [0.25, 0.3) is 0 Å². The molecule has 3 rings (SSSR count). The minimum Gasteiger partial charge on any atom is -0.493 e. The maximum absolute atomic E-state index is 11.9. The minimum atomic E-state index is 0. The molecule has 2 aromatic carbocycles. The van der Waals surface area contributed by atoms with E-state index >= 15 is 0 Å². The Labute approximate surface area is 287 Å². The zero-order valence-electron chi connectivity index (χ0n) is 29.0. The molecule has 0 saturated heterocycles. The van der Waals surface area contributed by atoms with Crippen molar-refractivity contribution < 1.29 is 21.2 Å². The van der Waals surface area contributed by atoms with Crippen molar-refractivity contribution in [1.29, 1.82) is 0 Å². The van der Waals surface area contributed by atoms with Crippen LogP contribution < -0.4 is 0 Å². The predicted molar refractivity (Wildman–Crippen MR) is 191 cm³/mol. The van der Waals surface area contributed by atoms with Crippen molar-refractivity contribution in [1.82, 2.24) is 0 Å². The van der Waals surface area contributed by atoms with E-state index in [2.05, 4.69) is 88.1 Å². The Bertz CT molecular complexity index is 1270. The molecule has 0 radical (unpaired) electrons. The van der Waals surface area contributed by atoms with E-state index in [9.17, 15) is 5.53 Å². The van der Waals surface area contributed by atoms with Gasteiger partial charge < -0.3 is 5.53 Å². The van der Waals surface area contributed by atoms with E-state index in [1.807, 2.05) is 0 Å². The Kier molecular flexibility index (Phi) is 19.8. The van der Waals surface area contributed by atoms with E-state index in [1.165, 1.54) is 118 Å². The van der Waals surface area contributed by atoms with Crippen LogP contribution in [0.4, 0.5) is 0 Å². The number of benzene rings is 2. The van der Waals surface area contributed by atoms with E-state index in [0.29, 0.717) is 0 Å². The van der Waals surface area contributed by atoms with E-state index in [1.54, 1.807) is 0 Å². The molecule has 0 saturated carbocycles. The van der Waals surface area contributed by atoms with Gasteiger partial charge in [0, 0.05) is 39.6 Å². The van der Waals surface area contributed by atoms with E-state index in [-0.39, 0.29) is 16.5 Å². The number of nitrogens with zero attached hydrogens (tertiary/aromatic N) is 2. The Balaban J connectivity index is 0.00000705. The van der Waals surface area contributed by atoms with Crippen molar-refractivity contribution in [3.8, 4) is 11.8 Å². The van der Waals surface area contributed by atoms with E-state index in [0.717, 1.165) is 60.2 Å². The molecule has 0 atom stereocenters. The van der Waals surface area contributed by atoms with Crippen LogP contribution in [0.1, 0.15) is 165 Å². The fourth-order valence-electron chi connectivity index (χ4n) is 6.29. The van der Waals surface area contributed by atoms with Crippen molar-refractivity contribution >= 4 is 11.4 Å². The fraction of sp³-hybridized carbons (Fsp3) is 0.571. The van der Waals surface area contributed by atoms with Crippen LogP contribution in [-0.4, -0.2) is 4.70 Å². The zero-order valence-corrected chi connectivity index (χ0v) is 30.0. The van der Waals surface area contributed by atoms with Crippen molar-refractivity contribution in [2.24, 2.45) is 0 Å². The van der Waals surface area contributed by atoms with Gasteiger partial charge in [0.1, 0.15) is 5.57 Å². The van der Waals surface area contributed by atoms with E-state index < -0.39 is 0 Å². The van der Waals surface area contributed by atoms with Gasteiger partial charge >= 0.3 is 0 Å². The summed E-state index contributed by atoms with van der Waals surface area (Å²) in [6.07, 6.45) is 24.8. The van der Waals surface area contributed by atoms with Crippen LogP contribution in [-0.2, 0) is 22.9 Å². The van der Waals surface area contributed by atoms with Crippen LogP contribution in [0.3, 0.4) is 0 Å². The van der Waals surface area contributed by atoms with Gasteiger partial charge in [0.15, 0.2) is 0 Å². The van der Waals surface area contributed by atoms with Crippen LogP contribution in [0, 0.1) is 18.8 Å². The summed E-state index contributed by atoms with van der Waals surface area (Å²) in [5, 5.41) is 0. The summed E-state index contributed by atoms with van der Waals surface area (Å²) >= 11 is 0. The molecule has 0 aromatic heterocycles. The van der Waals surface area contributed by atoms with Gasteiger partial charge in [-0.3, -0.25) is 0 Å². The zero-order chi connectivity index (χ0) is 31.4. The molecule has 2 nitrogen and oxygen atoms in total. The van der Waals surface area contributed by atoms with Crippen molar-refractivity contribution in [3.05, 3.63) is 87.5 Å². The van der Waals surface area contributed by atoms with E-state index in [4.69, 9.17) is 0 Å². The molecule has 45 heavy (non-hydrogen) atoms. The molecule has 1 heterocycles. The predicted octanol–water partition coefficient (Wildman–Crippen LogP) is 13.2. The summed E-state index contributed by atoms with van der Waals surface area (Å²) in [5.41, 5.74) is 20.6. The second-order valence-electron chi connectivity index (χ2n) is 12.9. The normalized spacial score (nSPS) is 12.8. The molecule has 0 spiro atoms. The second kappa shape index (κ2) is 23.0. The first-order valence-electron chi connectivity index (χ1n) is 18.2. The van der Waals surface area contributed by atoms with Crippen LogP contribution >= 0.6 is 0 Å². The Morgan fingerprint density at radius 1 is 0.600 bits per heavy atom. The van der Waals surface area contributed by atoms with Gasteiger partial charge in [-0.1, -0.05) is 152 Å². The third-order valence-electron chi connectivity index (χ3n) is 8.99. The molecule has 248 valence electrons. The van der Waals surface area contributed by atoms with Crippen molar-refractivity contribution in [3.63, 3.8) is 0 Å². The first-order chi connectivity index (χ1) is 21.6. The molecule has 0 unspecified atom stereocenters. The first kappa shape index (κ1) is 38.8. The Morgan fingerprint density at radius 2 is 1.16 bits per heavy atom. The Morgan fingerprint density at radius 3 is 1.80 bits per heavy atom. The van der Waals surface area contributed by atoms with Crippen LogP contribution in [0.25, 0.3) is 16.9 Å². The molecule has 0 N–H and O–H groups in total. The first-order valence-corrected chi connectivity index (χ1v) is 18.2. The van der Waals surface area contributed by atoms with Gasteiger partial charge in [0.05, 0.1) is 0 Å². The molecule has 0 aliphatic carbocycles. The van der Waals surface area contributed by atoms with Crippen LogP contribution in [0.15, 0.2) is 59.7 Å². The molecule has 0 fully saturated rings. The summed E-state index contributed by atoms with van der Waals surface area (Å²) in [6, 6.07) is 17.4. The molecule has 1 aliphatic rings. The number of rotatable bonds is 21. The fourth-order valence-corrected chi connectivity index (χ4v) is 6.29.